The van der Waals surface area contributed by atoms with E-state index < -0.39 is 23.4 Å². The summed E-state index contributed by atoms with van der Waals surface area (Å²) < 4.78 is 40.4. The summed E-state index contributed by atoms with van der Waals surface area (Å²) in [5, 5.41) is 2.35. The zero-order valence-corrected chi connectivity index (χ0v) is 16.7. The van der Waals surface area contributed by atoms with Crippen molar-refractivity contribution in [2.75, 3.05) is 11.1 Å². The lowest BCUT2D eigenvalue weighted by molar-refractivity contribution is -0.117. The fourth-order valence-electron chi connectivity index (χ4n) is 2.09. The van der Waals surface area contributed by atoms with Crippen LogP contribution in [0.2, 0.25) is 0 Å². The Bertz CT molecular complexity index is 822. The van der Waals surface area contributed by atoms with Crippen molar-refractivity contribution >= 4 is 51.7 Å². The Morgan fingerprint density at radius 2 is 1.77 bits per heavy atom. The molecule has 2 aromatic carbocycles. The molecule has 0 fully saturated rings. The fourth-order valence-corrected chi connectivity index (χ4v) is 3.82. The van der Waals surface area contributed by atoms with Gasteiger partial charge in [-0.05, 0) is 59.9 Å². The number of thioether (sulfide) groups is 1. The number of hydrogen-bond acceptors (Lipinski definition) is 3. The van der Waals surface area contributed by atoms with Gasteiger partial charge in [0.05, 0.1) is 0 Å². The van der Waals surface area contributed by atoms with Gasteiger partial charge in [0.2, 0.25) is 0 Å². The Labute approximate surface area is 166 Å². The van der Waals surface area contributed by atoms with Crippen LogP contribution in [0.1, 0.15) is 30.1 Å². The van der Waals surface area contributed by atoms with E-state index in [2.05, 4.69) is 27.9 Å². The number of benzene rings is 2. The molecule has 26 heavy (non-hydrogen) atoms. The number of ketones is 1. The molecule has 0 heterocycles. The number of hydrogen-bond donors (Lipinski definition) is 1. The Balaban J connectivity index is 2.09. The molecule has 0 atom stereocenters. The molecule has 0 bridgehead atoms. The number of carbonyl (C=O) groups excluding carboxylic acids is 2. The van der Waals surface area contributed by atoms with E-state index in [9.17, 15) is 22.8 Å². The minimum absolute atomic E-state index is 0.132. The largest absolute Gasteiger partial charge is 0.322 e. The first-order chi connectivity index (χ1) is 12.3. The van der Waals surface area contributed by atoms with Gasteiger partial charge in [0, 0.05) is 38.3 Å². The average molecular weight is 493 g/mol. The van der Waals surface area contributed by atoms with Crippen molar-refractivity contribution in [3.8, 4) is 0 Å². The molecular formula is C18H15F3INO2S. The highest BCUT2D eigenvalue weighted by molar-refractivity contribution is 14.1. The van der Waals surface area contributed by atoms with E-state index in [-0.39, 0.29) is 11.5 Å². The maximum absolute atomic E-state index is 13.2. The molecule has 0 aliphatic rings. The molecule has 0 aliphatic heterocycles. The highest BCUT2D eigenvalue weighted by Crippen LogP contribution is 2.27. The van der Waals surface area contributed by atoms with Gasteiger partial charge in [-0.3, -0.25) is 4.79 Å². The second kappa shape index (κ2) is 9.40. The minimum Gasteiger partial charge on any atom is -0.322 e. The molecule has 0 aliphatic carbocycles. The molecule has 0 radical (unpaired) electrons. The molecule has 0 aromatic heterocycles. The van der Waals surface area contributed by atoms with E-state index >= 15 is 0 Å². The van der Waals surface area contributed by atoms with Crippen molar-refractivity contribution in [1.82, 2.24) is 0 Å². The van der Waals surface area contributed by atoms with Crippen molar-refractivity contribution < 1.29 is 22.8 Å². The Morgan fingerprint density at radius 3 is 2.38 bits per heavy atom. The van der Waals surface area contributed by atoms with Crippen molar-refractivity contribution in [2.45, 2.75) is 24.7 Å². The number of carbonyl (C=O) groups is 2. The van der Waals surface area contributed by atoms with Crippen molar-refractivity contribution in [3.05, 3.63) is 56.9 Å². The van der Waals surface area contributed by atoms with Gasteiger partial charge in [0.1, 0.15) is 5.78 Å². The van der Waals surface area contributed by atoms with Crippen LogP contribution >= 0.6 is 34.4 Å². The number of Topliss-reactive ketones (excluding diaryl/α,β-unsaturated/α-hetero) is 1. The predicted molar refractivity (Wildman–Crippen MR) is 104 cm³/mol. The number of amides is 1. The number of rotatable bonds is 7. The minimum atomic E-state index is -1.58. The van der Waals surface area contributed by atoms with Crippen molar-refractivity contribution in [1.29, 1.82) is 0 Å². The summed E-state index contributed by atoms with van der Waals surface area (Å²) in [7, 11) is 0. The summed E-state index contributed by atoms with van der Waals surface area (Å²) >= 11 is 3.67. The molecule has 0 spiro atoms. The lowest BCUT2D eigenvalue weighted by Crippen LogP contribution is -2.13. The Morgan fingerprint density at radius 1 is 1.12 bits per heavy atom. The van der Waals surface area contributed by atoms with E-state index in [0.717, 1.165) is 32.8 Å². The van der Waals surface area contributed by atoms with Gasteiger partial charge in [0.15, 0.2) is 17.5 Å². The molecule has 2 aromatic rings. The summed E-state index contributed by atoms with van der Waals surface area (Å²) in [6, 6.07) is 6.47. The van der Waals surface area contributed by atoms with Gasteiger partial charge in [-0.2, -0.15) is 0 Å². The van der Waals surface area contributed by atoms with Gasteiger partial charge < -0.3 is 10.1 Å². The average Bonchev–Trinajstić information content (AvgIpc) is 2.57. The third kappa shape index (κ3) is 5.73. The molecule has 1 amide bonds. The van der Waals surface area contributed by atoms with Crippen LogP contribution in [0.25, 0.3) is 0 Å². The normalized spacial score (nSPS) is 10.7. The quantitative estimate of drug-likeness (QED) is 0.243. The van der Waals surface area contributed by atoms with E-state index in [1.807, 2.05) is 0 Å². The molecule has 2 rings (SSSR count). The number of halogens is 4. The highest BCUT2D eigenvalue weighted by Gasteiger charge is 2.14. The first-order valence-electron chi connectivity index (χ1n) is 7.65. The zero-order chi connectivity index (χ0) is 19.3. The fraction of sp³-hybridized carbons (Fsp3) is 0.222. The van der Waals surface area contributed by atoms with E-state index in [1.165, 1.54) is 11.8 Å². The van der Waals surface area contributed by atoms with Crippen LogP contribution in [0.5, 0.6) is 0 Å². The van der Waals surface area contributed by atoms with Crippen LogP contribution in [-0.4, -0.2) is 17.4 Å². The topological polar surface area (TPSA) is 46.2 Å². The molecular weight excluding hydrogens is 478 g/mol. The summed E-state index contributed by atoms with van der Waals surface area (Å²) in [5.74, 6) is -4.02. The maximum atomic E-state index is 13.2. The molecule has 1 N–H and O–H groups in total. The molecule has 3 nitrogen and oxygen atoms in total. The van der Waals surface area contributed by atoms with E-state index in [4.69, 9.17) is 0 Å². The monoisotopic (exact) mass is 493 g/mol. The first-order valence-corrected chi connectivity index (χ1v) is 9.72. The Hall–Kier alpha value is -1.55. The maximum Gasteiger partial charge on any atom is 0.255 e. The molecule has 0 unspecified atom stereocenters. The second-order valence-electron chi connectivity index (χ2n) is 5.51. The van der Waals surface area contributed by atoms with Crippen molar-refractivity contribution in [3.63, 3.8) is 0 Å². The molecule has 0 saturated carbocycles. The van der Waals surface area contributed by atoms with Crippen LogP contribution in [0.15, 0.2) is 35.2 Å². The third-order valence-corrected chi connectivity index (χ3v) is 5.81. The lowest BCUT2D eigenvalue weighted by atomic mass is 10.2. The van der Waals surface area contributed by atoms with Crippen LogP contribution in [-0.2, 0) is 4.79 Å². The number of nitrogens with one attached hydrogen (secondary N) is 1. The summed E-state index contributed by atoms with van der Waals surface area (Å²) in [6.07, 6.45) is 1.24. The van der Waals surface area contributed by atoms with Crippen molar-refractivity contribution in [2.24, 2.45) is 0 Å². The van der Waals surface area contributed by atoms with Gasteiger partial charge in [0.25, 0.3) is 5.91 Å². The second-order valence-corrected chi connectivity index (χ2v) is 7.81. The highest BCUT2D eigenvalue weighted by atomic mass is 127. The summed E-state index contributed by atoms with van der Waals surface area (Å²) in [6.45, 7) is 1.54. The van der Waals surface area contributed by atoms with Crippen LogP contribution in [0.3, 0.4) is 0 Å². The van der Waals surface area contributed by atoms with Crippen LogP contribution < -0.4 is 5.32 Å². The van der Waals surface area contributed by atoms with Gasteiger partial charge in [-0.25, -0.2) is 13.2 Å². The molecule has 0 saturated heterocycles. The van der Waals surface area contributed by atoms with Gasteiger partial charge in [-0.1, -0.05) is 0 Å². The third-order valence-electron chi connectivity index (χ3n) is 3.37. The first kappa shape index (κ1) is 20.8. The van der Waals surface area contributed by atoms with Gasteiger partial charge >= 0.3 is 0 Å². The Kier molecular flexibility index (Phi) is 7.51. The van der Waals surface area contributed by atoms with E-state index in [0.29, 0.717) is 12.0 Å². The number of anilines is 1. The standard InChI is InChI=1S/C18H15F3INO2S/c1-10(24)3-2-6-26-16-7-11(4-5-15(16)22)18(25)23-12-8-13(19)17(21)14(20)9-12/h4-5,7-9H,2-3,6H2,1H3,(H,23,25). The lowest BCUT2D eigenvalue weighted by Gasteiger charge is -2.09. The van der Waals surface area contributed by atoms with E-state index in [1.54, 1.807) is 25.1 Å². The predicted octanol–water partition coefficient (Wildman–Crippen LogP) is 5.42. The smallest absolute Gasteiger partial charge is 0.255 e. The zero-order valence-electron chi connectivity index (χ0n) is 13.7. The molecule has 138 valence electrons. The van der Waals surface area contributed by atoms with Crippen LogP contribution in [0.4, 0.5) is 18.9 Å². The van der Waals surface area contributed by atoms with Crippen LogP contribution in [0, 0.1) is 21.0 Å². The SMILES string of the molecule is CC(=O)CCCSc1cc(C(=O)Nc2cc(F)c(F)c(F)c2)ccc1I. The van der Waals surface area contributed by atoms with Gasteiger partial charge in [-0.15, -0.1) is 11.8 Å². The summed E-state index contributed by atoms with van der Waals surface area (Å²) in [5.41, 5.74) is 0.144. The molecule has 8 heteroatoms. The summed E-state index contributed by atoms with van der Waals surface area (Å²) in [4.78, 5) is 24.1.